The Labute approximate surface area is 132 Å². The molecule has 0 bridgehead atoms. The van der Waals surface area contributed by atoms with E-state index in [2.05, 4.69) is 15.6 Å². The third-order valence-electron chi connectivity index (χ3n) is 3.54. The van der Waals surface area contributed by atoms with Crippen LogP contribution in [0.25, 0.3) is 0 Å². The third kappa shape index (κ3) is 2.69. The number of carbonyl (C=O) groups excluding carboxylic acids is 1. The molecule has 6 nitrogen and oxygen atoms in total. The Hall–Kier alpha value is -2.34. The highest BCUT2D eigenvalue weighted by atomic mass is 35.5. The molecule has 0 fully saturated rings. The number of rotatable bonds is 2. The zero-order valence-corrected chi connectivity index (χ0v) is 12.8. The second-order valence-electron chi connectivity index (χ2n) is 5.10. The van der Waals surface area contributed by atoms with Crippen LogP contribution in [0.3, 0.4) is 0 Å². The van der Waals surface area contributed by atoms with Crippen molar-refractivity contribution in [2.24, 2.45) is 0 Å². The van der Waals surface area contributed by atoms with Crippen molar-refractivity contribution in [3.63, 3.8) is 0 Å². The van der Waals surface area contributed by atoms with Crippen molar-refractivity contribution in [1.82, 2.24) is 9.55 Å². The van der Waals surface area contributed by atoms with Gasteiger partial charge in [0.2, 0.25) is 0 Å². The van der Waals surface area contributed by atoms with Crippen molar-refractivity contribution in [2.75, 3.05) is 17.2 Å². The van der Waals surface area contributed by atoms with Crippen LogP contribution in [0, 0.1) is 6.92 Å². The zero-order valence-electron chi connectivity index (χ0n) is 12.0. The predicted octanol–water partition coefficient (Wildman–Crippen LogP) is 2.27. The number of nitrogens with one attached hydrogen (secondary N) is 2. The van der Waals surface area contributed by atoms with Crippen LogP contribution in [0.15, 0.2) is 29.1 Å². The number of benzene rings is 1. The summed E-state index contributed by atoms with van der Waals surface area (Å²) in [5.74, 6) is 0.237. The van der Waals surface area contributed by atoms with Crippen molar-refractivity contribution >= 4 is 29.0 Å². The number of hydrogen-bond donors (Lipinski definition) is 2. The maximum Gasteiger partial charge on any atom is 0.349 e. The molecule has 1 aromatic carbocycles. The summed E-state index contributed by atoms with van der Waals surface area (Å²) in [6.07, 6.45) is 0.829. The molecule has 22 heavy (non-hydrogen) atoms. The van der Waals surface area contributed by atoms with Crippen LogP contribution >= 0.6 is 11.6 Å². The summed E-state index contributed by atoms with van der Waals surface area (Å²) in [5, 5.41) is 6.53. The van der Waals surface area contributed by atoms with Gasteiger partial charge in [-0.05, 0) is 37.6 Å². The summed E-state index contributed by atoms with van der Waals surface area (Å²) in [6.45, 7) is 2.95. The van der Waals surface area contributed by atoms with Crippen molar-refractivity contribution in [3.8, 4) is 0 Å². The summed E-state index contributed by atoms with van der Waals surface area (Å²) in [7, 11) is 0. The monoisotopic (exact) mass is 318 g/mol. The fourth-order valence-corrected chi connectivity index (χ4v) is 2.62. The van der Waals surface area contributed by atoms with Gasteiger partial charge in [0.15, 0.2) is 0 Å². The van der Waals surface area contributed by atoms with E-state index in [0.717, 1.165) is 13.0 Å². The molecular weight excluding hydrogens is 304 g/mol. The zero-order chi connectivity index (χ0) is 15.7. The first-order chi connectivity index (χ1) is 10.6. The van der Waals surface area contributed by atoms with Crippen molar-refractivity contribution in [2.45, 2.75) is 19.9 Å². The number of fused-ring (bicyclic) bond motifs is 1. The molecular formula is C15H15ClN4O2. The Bertz CT molecular complexity index is 783. The highest BCUT2D eigenvalue weighted by Crippen LogP contribution is 2.22. The summed E-state index contributed by atoms with van der Waals surface area (Å²) in [5.41, 5.74) is 1.11. The Morgan fingerprint density at radius 3 is 2.82 bits per heavy atom. The average Bonchev–Trinajstić information content (AvgIpc) is 2.49. The molecule has 2 aromatic rings. The fraction of sp³-hybridized carbons (Fsp3) is 0.267. The molecule has 2 N–H and O–H groups in total. The van der Waals surface area contributed by atoms with E-state index >= 15 is 0 Å². The van der Waals surface area contributed by atoms with Gasteiger partial charge in [0, 0.05) is 23.8 Å². The molecule has 1 aliphatic rings. The van der Waals surface area contributed by atoms with E-state index in [0.29, 0.717) is 34.3 Å². The van der Waals surface area contributed by atoms with Gasteiger partial charge in [-0.25, -0.2) is 4.79 Å². The van der Waals surface area contributed by atoms with Gasteiger partial charge in [0.1, 0.15) is 11.4 Å². The normalized spacial score (nSPS) is 13.2. The Balaban J connectivity index is 1.98. The first-order valence-corrected chi connectivity index (χ1v) is 7.36. The van der Waals surface area contributed by atoms with Crippen molar-refractivity contribution in [1.29, 1.82) is 0 Å². The molecule has 7 heteroatoms. The molecule has 0 spiro atoms. The number of carbonyl (C=O) groups is 1. The first-order valence-electron chi connectivity index (χ1n) is 6.98. The topological polar surface area (TPSA) is 76.0 Å². The molecule has 1 amide bonds. The number of nitrogens with zero attached hydrogens (tertiary/aromatic N) is 2. The predicted molar refractivity (Wildman–Crippen MR) is 85.7 cm³/mol. The summed E-state index contributed by atoms with van der Waals surface area (Å²) in [6, 6.07) is 6.84. The van der Waals surface area contributed by atoms with E-state index < -0.39 is 0 Å². The number of hydrogen-bond acceptors (Lipinski definition) is 4. The van der Waals surface area contributed by atoms with Gasteiger partial charge in [0.25, 0.3) is 5.91 Å². The van der Waals surface area contributed by atoms with E-state index in [4.69, 9.17) is 11.6 Å². The van der Waals surface area contributed by atoms with Crippen LogP contribution in [-0.4, -0.2) is 22.0 Å². The van der Waals surface area contributed by atoms with Crippen molar-refractivity contribution < 1.29 is 4.79 Å². The fourth-order valence-electron chi connectivity index (χ4n) is 2.50. The number of amides is 1. The summed E-state index contributed by atoms with van der Waals surface area (Å²) < 4.78 is 1.51. The largest absolute Gasteiger partial charge is 0.371 e. The van der Waals surface area contributed by atoms with Gasteiger partial charge in [-0.1, -0.05) is 11.6 Å². The van der Waals surface area contributed by atoms with E-state index in [1.165, 1.54) is 4.57 Å². The molecule has 2 heterocycles. The molecule has 0 radical (unpaired) electrons. The molecule has 1 aliphatic heterocycles. The van der Waals surface area contributed by atoms with E-state index in [1.54, 1.807) is 31.2 Å². The number of anilines is 2. The third-order valence-corrected chi connectivity index (χ3v) is 3.79. The SMILES string of the molecule is Cc1nc(=O)n2c(c1C(=O)Nc1ccc(Cl)cc1)NCCC2. The molecule has 0 saturated carbocycles. The number of halogens is 1. The average molecular weight is 319 g/mol. The number of aryl methyl sites for hydroxylation is 1. The highest BCUT2D eigenvalue weighted by molar-refractivity contribution is 6.30. The van der Waals surface area contributed by atoms with Crippen LogP contribution in [0.2, 0.25) is 5.02 Å². The molecule has 1 aromatic heterocycles. The lowest BCUT2D eigenvalue weighted by Crippen LogP contribution is -2.34. The van der Waals surface area contributed by atoms with Crippen LogP contribution in [0.5, 0.6) is 0 Å². The Morgan fingerprint density at radius 2 is 2.09 bits per heavy atom. The number of aromatic nitrogens is 2. The quantitative estimate of drug-likeness (QED) is 0.890. The highest BCUT2D eigenvalue weighted by Gasteiger charge is 2.22. The minimum absolute atomic E-state index is 0.300. The lowest BCUT2D eigenvalue weighted by molar-refractivity contribution is 0.102. The van der Waals surface area contributed by atoms with E-state index in [9.17, 15) is 9.59 Å². The second-order valence-corrected chi connectivity index (χ2v) is 5.53. The van der Waals surface area contributed by atoms with Gasteiger partial charge in [-0.3, -0.25) is 9.36 Å². The molecule has 0 unspecified atom stereocenters. The molecule has 0 saturated heterocycles. The Kier molecular flexibility index (Phi) is 3.85. The van der Waals surface area contributed by atoms with Gasteiger partial charge >= 0.3 is 5.69 Å². The van der Waals surface area contributed by atoms with Gasteiger partial charge < -0.3 is 10.6 Å². The van der Waals surface area contributed by atoms with Gasteiger partial charge in [-0.15, -0.1) is 0 Å². The Morgan fingerprint density at radius 1 is 1.36 bits per heavy atom. The maximum atomic E-state index is 12.6. The van der Waals surface area contributed by atoms with E-state index in [-0.39, 0.29) is 11.6 Å². The summed E-state index contributed by atoms with van der Waals surface area (Å²) >= 11 is 5.83. The second kappa shape index (κ2) is 5.81. The minimum atomic E-state index is -0.331. The standard InChI is InChI=1S/C15H15ClN4O2/c1-9-12(13-17-7-2-8-20(13)15(22)18-9)14(21)19-11-5-3-10(16)4-6-11/h3-6,17H,2,7-8H2,1H3,(H,19,21). The molecule has 0 atom stereocenters. The summed E-state index contributed by atoms with van der Waals surface area (Å²) in [4.78, 5) is 28.4. The van der Waals surface area contributed by atoms with Crippen LogP contribution in [-0.2, 0) is 6.54 Å². The van der Waals surface area contributed by atoms with Crippen LogP contribution < -0.4 is 16.3 Å². The minimum Gasteiger partial charge on any atom is -0.371 e. The van der Waals surface area contributed by atoms with Crippen LogP contribution in [0.4, 0.5) is 11.5 Å². The van der Waals surface area contributed by atoms with Crippen molar-refractivity contribution in [3.05, 3.63) is 51.0 Å². The van der Waals surface area contributed by atoms with E-state index in [1.807, 2.05) is 0 Å². The molecule has 3 rings (SSSR count). The van der Waals surface area contributed by atoms with Crippen LogP contribution in [0.1, 0.15) is 22.5 Å². The lowest BCUT2D eigenvalue weighted by atomic mass is 10.1. The first kappa shape index (κ1) is 14.6. The van der Waals surface area contributed by atoms with Gasteiger partial charge in [-0.2, -0.15) is 4.98 Å². The maximum absolute atomic E-state index is 12.6. The molecule has 114 valence electrons. The van der Waals surface area contributed by atoms with Gasteiger partial charge in [0.05, 0.1) is 5.69 Å². The molecule has 0 aliphatic carbocycles. The smallest absolute Gasteiger partial charge is 0.349 e. The lowest BCUT2D eigenvalue weighted by Gasteiger charge is -2.23.